The van der Waals surface area contributed by atoms with Gasteiger partial charge in [0.05, 0.1) is 11.9 Å². The van der Waals surface area contributed by atoms with Gasteiger partial charge in [0.1, 0.15) is 0 Å². The number of ether oxygens (including phenoxy) is 1. The summed E-state index contributed by atoms with van der Waals surface area (Å²) in [6.07, 6.45) is -0.143. The Labute approximate surface area is 167 Å². The largest absolute Gasteiger partial charge is 0.462 e. The van der Waals surface area contributed by atoms with Crippen LogP contribution in [-0.2, 0) is 9.53 Å². The molecule has 0 atom stereocenters. The molecule has 27 heavy (non-hydrogen) atoms. The van der Waals surface area contributed by atoms with Gasteiger partial charge in [-0.15, -0.1) is 10.2 Å². The normalized spacial score (nSPS) is 11.0. The van der Waals surface area contributed by atoms with Crippen LogP contribution in [0.2, 0.25) is 5.02 Å². The summed E-state index contributed by atoms with van der Waals surface area (Å²) in [7, 11) is 0. The van der Waals surface area contributed by atoms with Crippen molar-refractivity contribution in [3.8, 4) is 17.1 Å². The first-order valence-corrected chi connectivity index (χ1v) is 9.91. The van der Waals surface area contributed by atoms with Crippen molar-refractivity contribution in [2.24, 2.45) is 0 Å². The average Bonchev–Trinajstić information content (AvgIpc) is 3.04. The van der Waals surface area contributed by atoms with E-state index >= 15 is 0 Å². The maximum atomic E-state index is 11.9. The second kappa shape index (κ2) is 8.59. The van der Waals surface area contributed by atoms with Crippen LogP contribution in [0.3, 0.4) is 0 Å². The standard InChI is InChI=1S/C20H20ClN3O2S/c1-13(2)26-18(25)12-27-20-23-22-19(15-6-4-5-14(3)11-15)24(20)17-9-7-16(21)8-10-17/h4-11,13H,12H2,1-3H3. The number of hydrogen-bond donors (Lipinski definition) is 0. The summed E-state index contributed by atoms with van der Waals surface area (Å²) in [4.78, 5) is 11.9. The number of esters is 1. The summed E-state index contributed by atoms with van der Waals surface area (Å²) >= 11 is 7.33. The highest BCUT2D eigenvalue weighted by Crippen LogP contribution is 2.29. The van der Waals surface area contributed by atoms with Crippen LogP contribution in [0.4, 0.5) is 0 Å². The average molecular weight is 402 g/mol. The lowest BCUT2D eigenvalue weighted by molar-refractivity contribution is -0.144. The molecule has 0 unspecified atom stereocenters. The maximum Gasteiger partial charge on any atom is 0.316 e. The van der Waals surface area contributed by atoms with E-state index < -0.39 is 0 Å². The monoisotopic (exact) mass is 401 g/mol. The van der Waals surface area contributed by atoms with E-state index in [4.69, 9.17) is 16.3 Å². The number of aromatic nitrogens is 3. The molecule has 140 valence electrons. The second-order valence-electron chi connectivity index (χ2n) is 6.31. The molecule has 3 aromatic rings. The first-order valence-electron chi connectivity index (χ1n) is 8.54. The van der Waals surface area contributed by atoms with E-state index in [0.717, 1.165) is 16.8 Å². The predicted molar refractivity (Wildman–Crippen MR) is 108 cm³/mol. The summed E-state index contributed by atoms with van der Waals surface area (Å²) in [5.74, 6) is 0.594. The van der Waals surface area contributed by atoms with Crippen molar-refractivity contribution in [1.82, 2.24) is 14.8 Å². The van der Waals surface area contributed by atoms with Crippen molar-refractivity contribution in [3.63, 3.8) is 0 Å². The Balaban J connectivity index is 1.98. The van der Waals surface area contributed by atoms with Crippen LogP contribution in [0.15, 0.2) is 53.7 Å². The molecule has 0 aliphatic carbocycles. The van der Waals surface area contributed by atoms with E-state index in [2.05, 4.69) is 16.3 Å². The molecule has 0 radical (unpaired) electrons. The molecule has 0 N–H and O–H groups in total. The van der Waals surface area contributed by atoms with Gasteiger partial charge in [-0.25, -0.2) is 0 Å². The molecule has 0 aliphatic heterocycles. The number of carbonyl (C=O) groups excluding carboxylic acids is 1. The van der Waals surface area contributed by atoms with E-state index in [1.165, 1.54) is 11.8 Å². The van der Waals surface area contributed by atoms with Crippen LogP contribution in [0.1, 0.15) is 19.4 Å². The van der Waals surface area contributed by atoms with Gasteiger partial charge in [-0.3, -0.25) is 9.36 Å². The number of benzene rings is 2. The Morgan fingerprint density at radius 1 is 1.19 bits per heavy atom. The van der Waals surface area contributed by atoms with Gasteiger partial charge < -0.3 is 4.74 Å². The van der Waals surface area contributed by atoms with E-state index in [1.807, 2.05) is 67.8 Å². The fraction of sp³-hybridized carbons (Fsp3) is 0.250. The molecule has 2 aromatic carbocycles. The SMILES string of the molecule is Cc1cccc(-c2nnc(SCC(=O)OC(C)C)n2-c2ccc(Cl)cc2)c1. The van der Waals surface area contributed by atoms with Crippen LogP contribution in [0.25, 0.3) is 17.1 Å². The van der Waals surface area contributed by atoms with Gasteiger partial charge in [-0.2, -0.15) is 0 Å². The third kappa shape index (κ3) is 4.90. The smallest absolute Gasteiger partial charge is 0.316 e. The molecule has 1 heterocycles. The summed E-state index contributed by atoms with van der Waals surface area (Å²) in [6, 6.07) is 15.5. The first kappa shape index (κ1) is 19.5. The molecule has 7 heteroatoms. The van der Waals surface area contributed by atoms with Gasteiger partial charge in [0, 0.05) is 16.3 Å². The Morgan fingerprint density at radius 3 is 2.59 bits per heavy atom. The van der Waals surface area contributed by atoms with Crippen molar-refractivity contribution in [2.75, 3.05) is 5.75 Å². The minimum Gasteiger partial charge on any atom is -0.462 e. The zero-order valence-electron chi connectivity index (χ0n) is 15.3. The molecule has 0 saturated heterocycles. The van der Waals surface area contributed by atoms with Gasteiger partial charge in [-0.1, -0.05) is 47.1 Å². The molecule has 0 fully saturated rings. The topological polar surface area (TPSA) is 57.0 Å². The fourth-order valence-corrected chi connectivity index (χ4v) is 3.44. The highest BCUT2D eigenvalue weighted by atomic mass is 35.5. The van der Waals surface area contributed by atoms with Crippen LogP contribution in [-0.4, -0.2) is 32.6 Å². The zero-order valence-corrected chi connectivity index (χ0v) is 16.9. The van der Waals surface area contributed by atoms with Gasteiger partial charge in [0.15, 0.2) is 11.0 Å². The third-order valence-electron chi connectivity index (χ3n) is 3.68. The zero-order chi connectivity index (χ0) is 19.4. The molecule has 0 spiro atoms. The van der Waals surface area contributed by atoms with Crippen LogP contribution >= 0.6 is 23.4 Å². The van der Waals surface area contributed by atoms with Gasteiger partial charge in [-0.05, 0) is 51.1 Å². The molecule has 0 bridgehead atoms. The number of carbonyl (C=O) groups is 1. The molecule has 0 saturated carbocycles. The molecule has 5 nitrogen and oxygen atoms in total. The molecule has 1 aromatic heterocycles. The lowest BCUT2D eigenvalue weighted by Crippen LogP contribution is -2.13. The van der Waals surface area contributed by atoms with Crippen LogP contribution in [0, 0.1) is 6.92 Å². The van der Waals surface area contributed by atoms with Gasteiger partial charge in [0.25, 0.3) is 0 Å². The van der Waals surface area contributed by atoms with Crippen molar-refractivity contribution in [2.45, 2.75) is 32.0 Å². The fourth-order valence-electron chi connectivity index (χ4n) is 2.58. The lowest BCUT2D eigenvalue weighted by Gasteiger charge is -2.11. The Hall–Kier alpha value is -2.31. The maximum absolute atomic E-state index is 11.9. The van der Waals surface area contributed by atoms with Gasteiger partial charge >= 0.3 is 5.97 Å². The minimum atomic E-state index is -0.280. The number of rotatable bonds is 6. The minimum absolute atomic E-state index is 0.143. The predicted octanol–water partition coefficient (Wildman–Crippen LogP) is 4.94. The van der Waals surface area contributed by atoms with Crippen molar-refractivity contribution in [1.29, 1.82) is 0 Å². The third-order valence-corrected chi connectivity index (χ3v) is 4.84. The number of nitrogens with zero attached hydrogens (tertiary/aromatic N) is 3. The Morgan fingerprint density at radius 2 is 1.93 bits per heavy atom. The summed E-state index contributed by atoms with van der Waals surface area (Å²) in [6.45, 7) is 5.69. The highest BCUT2D eigenvalue weighted by molar-refractivity contribution is 7.99. The van der Waals surface area contributed by atoms with Crippen LogP contribution < -0.4 is 0 Å². The van der Waals surface area contributed by atoms with Crippen molar-refractivity contribution >= 4 is 29.3 Å². The number of halogens is 1. The van der Waals surface area contributed by atoms with E-state index in [1.54, 1.807) is 0 Å². The van der Waals surface area contributed by atoms with E-state index in [0.29, 0.717) is 16.0 Å². The Kier molecular flexibility index (Phi) is 6.19. The second-order valence-corrected chi connectivity index (χ2v) is 7.69. The quantitative estimate of drug-likeness (QED) is 0.432. The van der Waals surface area contributed by atoms with E-state index in [-0.39, 0.29) is 17.8 Å². The highest BCUT2D eigenvalue weighted by Gasteiger charge is 2.18. The van der Waals surface area contributed by atoms with Crippen molar-refractivity contribution in [3.05, 3.63) is 59.1 Å². The summed E-state index contributed by atoms with van der Waals surface area (Å²) < 4.78 is 7.13. The molecular formula is C20H20ClN3O2S. The number of aryl methyl sites for hydroxylation is 1. The molecule has 0 aliphatic rings. The van der Waals surface area contributed by atoms with Crippen LogP contribution in [0.5, 0.6) is 0 Å². The molecular weight excluding hydrogens is 382 g/mol. The molecule has 0 amide bonds. The molecule has 3 rings (SSSR count). The van der Waals surface area contributed by atoms with Gasteiger partial charge in [0.2, 0.25) is 0 Å². The summed E-state index contributed by atoms with van der Waals surface area (Å²) in [5.41, 5.74) is 2.96. The van der Waals surface area contributed by atoms with E-state index in [9.17, 15) is 4.79 Å². The number of thioether (sulfide) groups is 1. The summed E-state index contributed by atoms with van der Waals surface area (Å²) in [5, 5.41) is 9.95. The van der Waals surface area contributed by atoms with Crippen molar-refractivity contribution < 1.29 is 9.53 Å². The number of hydrogen-bond acceptors (Lipinski definition) is 5. The lowest BCUT2D eigenvalue weighted by atomic mass is 10.1. The Bertz CT molecular complexity index is 939. The first-order chi connectivity index (χ1) is 12.9.